The van der Waals surface area contributed by atoms with E-state index in [1.54, 1.807) is 17.9 Å². The van der Waals surface area contributed by atoms with Crippen LogP contribution in [0, 0.1) is 5.92 Å². The largest absolute Gasteiger partial charge is 0.389 e. The Morgan fingerprint density at radius 3 is 2.86 bits per heavy atom. The van der Waals surface area contributed by atoms with Crippen molar-refractivity contribution in [2.24, 2.45) is 5.92 Å². The first-order valence-electron chi connectivity index (χ1n) is 7.44. The summed E-state index contributed by atoms with van der Waals surface area (Å²) in [6.07, 6.45) is 1.48. The molecule has 0 radical (unpaired) electrons. The van der Waals surface area contributed by atoms with Crippen molar-refractivity contribution in [1.29, 1.82) is 0 Å². The molecule has 0 aromatic heterocycles. The maximum atomic E-state index is 12.2. The van der Waals surface area contributed by atoms with E-state index in [9.17, 15) is 9.90 Å². The van der Waals surface area contributed by atoms with Crippen LogP contribution in [0.5, 0.6) is 0 Å². The highest BCUT2D eigenvalue weighted by molar-refractivity contribution is 5.89. The fourth-order valence-corrected chi connectivity index (χ4v) is 2.49. The number of aliphatic hydroxyl groups is 1. The molecule has 116 valence electrons. The van der Waals surface area contributed by atoms with Gasteiger partial charge in [-0.05, 0) is 43.4 Å². The van der Waals surface area contributed by atoms with Crippen molar-refractivity contribution in [2.45, 2.75) is 25.9 Å². The molecule has 1 saturated heterocycles. The van der Waals surface area contributed by atoms with Crippen LogP contribution in [0.1, 0.15) is 31.4 Å². The van der Waals surface area contributed by atoms with Gasteiger partial charge in [0.1, 0.15) is 0 Å². The minimum absolute atomic E-state index is 0.121. The highest BCUT2D eigenvalue weighted by Crippen LogP contribution is 2.18. The Kier molecular flexibility index (Phi) is 5.59. The molecule has 1 fully saturated rings. The second-order valence-corrected chi connectivity index (χ2v) is 5.67. The molecule has 1 aromatic rings. The van der Waals surface area contributed by atoms with Crippen LogP contribution in [0.2, 0.25) is 0 Å². The highest BCUT2D eigenvalue weighted by atomic mass is 16.5. The average Bonchev–Trinajstić information content (AvgIpc) is 2.48. The molecule has 0 saturated carbocycles. The van der Waals surface area contributed by atoms with Crippen LogP contribution in [0.4, 0.5) is 10.5 Å². The third kappa shape index (κ3) is 4.72. The maximum absolute atomic E-state index is 12.2. The number of aliphatic hydroxyl groups excluding tert-OH is 1. The second-order valence-electron chi connectivity index (χ2n) is 5.67. The molecule has 5 nitrogen and oxygen atoms in total. The predicted molar refractivity (Wildman–Crippen MR) is 82.3 cm³/mol. The zero-order chi connectivity index (χ0) is 15.2. The van der Waals surface area contributed by atoms with E-state index in [2.05, 4.69) is 5.32 Å². The van der Waals surface area contributed by atoms with E-state index in [0.717, 1.165) is 38.2 Å². The molecule has 1 unspecified atom stereocenters. The summed E-state index contributed by atoms with van der Waals surface area (Å²) in [4.78, 5) is 13.9. The van der Waals surface area contributed by atoms with Crippen molar-refractivity contribution in [3.05, 3.63) is 29.8 Å². The first-order chi connectivity index (χ1) is 10.1. The number of carbonyl (C=O) groups excluding carboxylic acids is 1. The SMILES string of the molecule is CC(O)c1cccc(NC(=O)N(C)CC2CCOCC2)c1. The topological polar surface area (TPSA) is 61.8 Å². The number of amides is 2. The first kappa shape index (κ1) is 15.8. The normalized spacial score (nSPS) is 17.3. The van der Waals surface area contributed by atoms with Gasteiger partial charge in [0.15, 0.2) is 0 Å². The number of hydrogen-bond donors (Lipinski definition) is 2. The lowest BCUT2D eigenvalue weighted by Crippen LogP contribution is -2.36. The Morgan fingerprint density at radius 2 is 2.19 bits per heavy atom. The van der Waals surface area contributed by atoms with Crippen molar-refractivity contribution < 1.29 is 14.6 Å². The van der Waals surface area contributed by atoms with Gasteiger partial charge >= 0.3 is 6.03 Å². The summed E-state index contributed by atoms with van der Waals surface area (Å²) in [5.41, 5.74) is 1.50. The van der Waals surface area contributed by atoms with Gasteiger partial charge < -0.3 is 20.1 Å². The minimum Gasteiger partial charge on any atom is -0.389 e. The van der Waals surface area contributed by atoms with Crippen molar-refractivity contribution in [2.75, 3.05) is 32.1 Å². The molecule has 2 rings (SSSR count). The fourth-order valence-electron chi connectivity index (χ4n) is 2.49. The van der Waals surface area contributed by atoms with Gasteiger partial charge in [-0.3, -0.25) is 0 Å². The van der Waals surface area contributed by atoms with Gasteiger partial charge in [0.25, 0.3) is 0 Å². The van der Waals surface area contributed by atoms with E-state index >= 15 is 0 Å². The summed E-state index contributed by atoms with van der Waals surface area (Å²) in [5, 5.41) is 12.4. The predicted octanol–water partition coefficient (Wildman–Crippen LogP) is 2.63. The Labute approximate surface area is 125 Å². The molecular weight excluding hydrogens is 268 g/mol. The Bertz CT molecular complexity index is 470. The molecule has 0 aliphatic carbocycles. The summed E-state index contributed by atoms with van der Waals surface area (Å²) < 4.78 is 5.33. The van der Waals surface area contributed by atoms with E-state index in [4.69, 9.17) is 4.74 Å². The fraction of sp³-hybridized carbons (Fsp3) is 0.562. The molecule has 5 heteroatoms. The molecule has 1 aliphatic heterocycles. The summed E-state index contributed by atoms with van der Waals surface area (Å²) in [5.74, 6) is 0.512. The van der Waals surface area contributed by atoms with Crippen LogP contribution >= 0.6 is 0 Å². The van der Waals surface area contributed by atoms with Gasteiger partial charge in [-0.2, -0.15) is 0 Å². The highest BCUT2D eigenvalue weighted by Gasteiger charge is 2.18. The summed E-state index contributed by atoms with van der Waals surface area (Å²) in [6, 6.07) is 7.17. The number of hydrogen-bond acceptors (Lipinski definition) is 3. The number of ether oxygens (including phenoxy) is 1. The quantitative estimate of drug-likeness (QED) is 0.896. The lowest BCUT2D eigenvalue weighted by atomic mass is 10.00. The monoisotopic (exact) mass is 292 g/mol. The molecular formula is C16H24N2O3. The third-order valence-electron chi connectivity index (χ3n) is 3.84. The van der Waals surface area contributed by atoms with E-state index in [0.29, 0.717) is 11.6 Å². The molecule has 1 atom stereocenters. The lowest BCUT2D eigenvalue weighted by molar-refractivity contribution is 0.0592. The molecule has 1 heterocycles. The molecule has 1 aliphatic rings. The van der Waals surface area contributed by atoms with Crippen molar-refractivity contribution in [3.63, 3.8) is 0 Å². The molecule has 0 spiro atoms. The zero-order valence-corrected chi connectivity index (χ0v) is 12.7. The van der Waals surface area contributed by atoms with E-state index in [-0.39, 0.29) is 6.03 Å². The van der Waals surface area contributed by atoms with Crippen LogP contribution in [0.25, 0.3) is 0 Å². The van der Waals surface area contributed by atoms with Crippen molar-refractivity contribution in [3.8, 4) is 0 Å². The number of nitrogens with one attached hydrogen (secondary N) is 1. The van der Waals surface area contributed by atoms with E-state index in [1.165, 1.54) is 0 Å². The summed E-state index contributed by atoms with van der Waals surface area (Å²) in [6.45, 7) is 4.02. The molecule has 21 heavy (non-hydrogen) atoms. The van der Waals surface area contributed by atoms with Gasteiger partial charge in [0, 0.05) is 32.5 Å². The molecule has 2 N–H and O–H groups in total. The van der Waals surface area contributed by atoms with Crippen molar-refractivity contribution >= 4 is 11.7 Å². The second kappa shape index (κ2) is 7.43. The van der Waals surface area contributed by atoms with Crippen molar-refractivity contribution in [1.82, 2.24) is 4.90 Å². The third-order valence-corrected chi connectivity index (χ3v) is 3.84. The van der Waals surface area contributed by atoms with Gasteiger partial charge in [-0.15, -0.1) is 0 Å². The number of anilines is 1. The summed E-state index contributed by atoms with van der Waals surface area (Å²) in [7, 11) is 1.81. The average molecular weight is 292 g/mol. The number of carbonyl (C=O) groups is 1. The Hall–Kier alpha value is -1.59. The summed E-state index contributed by atoms with van der Waals surface area (Å²) >= 11 is 0. The van der Waals surface area contributed by atoms with E-state index < -0.39 is 6.10 Å². The standard InChI is InChI=1S/C16H24N2O3/c1-12(19)14-4-3-5-15(10-14)17-16(20)18(2)11-13-6-8-21-9-7-13/h3-5,10,12-13,19H,6-9,11H2,1-2H3,(H,17,20). The minimum atomic E-state index is -0.540. The zero-order valence-electron chi connectivity index (χ0n) is 12.7. The van der Waals surface area contributed by atoms with Crippen LogP contribution in [0.3, 0.4) is 0 Å². The molecule has 1 aromatic carbocycles. The Balaban J connectivity index is 1.89. The number of nitrogens with zero attached hydrogens (tertiary/aromatic N) is 1. The van der Waals surface area contributed by atoms with Gasteiger partial charge in [0.2, 0.25) is 0 Å². The van der Waals surface area contributed by atoms with Crippen LogP contribution < -0.4 is 5.32 Å². The van der Waals surface area contributed by atoms with Crippen LogP contribution in [-0.2, 0) is 4.74 Å². The molecule has 0 bridgehead atoms. The lowest BCUT2D eigenvalue weighted by Gasteiger charge is -2.27. The smallest absolute Gasteiger partial charge is 0.321 e. The van der Waals surface area contributed by atoms with Gasteiger partial charge in [-0.1, -0.05) is 12.1 Å². The molecule has 2 amide bonds. The van der Waals surface area contributed by atoms with Gasteiger partial charge in [0.05, 0.1) is 6.10 Å². The first-order valence-corrected chi connectivity index (χ1v) is 7.44. The van der Waals surface area contributed by atoms with Crippen LogP contribution in [-0.4, -0.2) is 42.8 Å². The number of benzene rings is 1. The Morgan fingerprint density at radius 1 is 1.48 bits per heavy atom. The number of rotatable bonds is 4. The van der Waals surface area contributed by atoms with Crippen LogP contribution in [0.15, 0.2) is 24.3 Å². The maximum Gasteiger partial charge on any atom is 0.321 e. The van der Waals surface area contributed by atoms with E-state index in [1.807, 2.05) is 25.2 Å². The number of urea groups is 1. The van der Waals surface area contributed by atoms with Gasteiger partial charge in [-0.25, -0.2) is 4.79 Å².